The third-order valence-electron chi connectivity index (χ3n) is 5.26. The second-order valence-corrected chi connectivity index (χ2v) is 7.64. The molecule has 4 aromatic heterocycles. The molecule has 0 unspecified atom stereocenters. The maximum Gasteiger partial charge on any atom is 0.247 e. The number of nitrogens with zero attached hydrogens (tertiary/aromatic N) is 4. The number of aromatic amines is 1. The highest BCUT2D eigenvalue weighted by atomic mass is 16.5. The minimum atomic E-state index is -0.152. The smallest absolute Gasteiger partial charge is 0.247 e. The van der Waals surface area contributed by atoms with Gasteiger partial charge in [-0.2, -0.15) is 0 Å². The van der Waals surface area contributed by atoms with Gasteiger partial charge < -0.3 is 9.72 Å². The summed E-state index contributed by atoms with van der Waals surface area (Å²) in [5.41, 5.74) is 6.22. The molecule has 0 aliphatic carbocycles. The van der Waals surface area contributed by atoms with Crippen LogP contribution in [0.4, 0.5) is 0 Å². The van der Waals surface area contributed by atoms with Gasteiger partial charge in [0.15, 0.2) is 0 Å². The lowest BCUT2D eigenvalue weighted by molar-refractivity contribution is 0.287. The van der Waals surface area contributed by atoms with Gasteiger partial charge in [-0.3, -0.25) is 14.5 Å². The van der Waals surface area contributed by atoms with Crippen LogP contribution in [-0.4, -0.2) is 24.7 Å². The Morgan fingerprint density at radius 1 is 1.06 bits per heavy atom. The summed E-state index contributed by atoms with van der Waals surface area (Å²) in [6.07, 6.45) is 5.33. The number of ether oxygens (including phenoxy) is 1. The third-order valence-corrected chi connectivity index (χ3v) is 5.26. The maximum atomic E-state index is 11.3. The Labute approximate surface area is 184 Å². The van der Waals surface area contributed by atoms with Gasteiger partial charge in [-0.25, -0.2) is 4.98 Å². The van der Waals surface area contributed by atoms with E-state index in [1.165, 1.54) is 6.07 Å². The van der Waals surface area contributed by atoms with Crippen molar-refractivity contribution < 1.29 is 4.74 Å². The predicted molar refractivity (Wildman–Crippen MR) is 123 cm³/mol. The number of H-pyrrole nitrogens is 1. The van der Waals surface area contributed by atoms with E-state index in [-0.39, 0.29) is 12.2 Å². The van der Waals surface area contributed by atoms with Crippen molar-refractivity contribution >= 4 is 10.9 Å². The Hall–Kier alpha value is -4.26. The number of hydrogen-bond acceptors (Lipinski definition) is 5. The van der Waals surface area contributed by atoms with Crippen LogP contribution in [0.3, 0.4) is 0 Å². The fourth-order valence-corrected chi connectivity index (χ4v) is 3.66. The summed E-state index contributed by atoms with van der Waals surface area (Å²) in [4.78, 5) is 23.4. The maximum absolute atomic E-state index is 11.3. The Bertz CT molecular complexity index is 1450. The Balaban J connectivity index is 1.36. The van der Waals surface area contributed by atoms with Crippen molar-refractivity contribution in [3.8, 4) is 28.3 Å². The van der Waals surface area contributed by atoms with Crippen LogP contribution in [0.25, 0.3) is 33.3 Å². The van der Waals surface area contributed by atoms with Crippen molar-refractivity contribution in [3.63, 3.8) is 0 Å². The highest BCUT2D eigenvalue weighted by molar-refractivity contribution is 5.83. The Morgan fingerprint density at radius 3 is 2.69 bits per heavy atom. The number of para-hydroxylation sites is 1. The van der Waals surface area contributed by atoms with Crippen LogP contribution in [0.15, 0.2) is 78.0 Å². The van der Waals surface area contributed by atoms with Crippen LogP contribution in [0.5, 0.6) is 5.88 Å². The number of nitrogens with one attached hydrogen (secondary N) is 1. The van der Waals surface area contributed by atoms with Gasteiger partial charge in [-0.15, -0.1) is 5.10 Å². The highest BCUT2D eigenvalue weighted by Crippen LogP contribution is 2.28. The van der Waals surface area contributed by atoms with Gasteiger partial charge in [0.1, 0.15) is 6.61 Å². The molecule has 158 valence electrons. The molecule has 1 aromatic carbocycles. The minimum absolute atomic E-state index is 0.152. The molecule has 0 atom stereocenters. The summed E-state index contributed by atoms with van der Waals surface area (Å²) in [5, 5.41) is 5.52. The second-order valence-electron chi connectivity index (χ2n) is 7.64. The van der Waals surface area contributed by atoms with E-state index in [0.29, 0.717) is 5.88 Å². The van der Waals surface area contributed by atoms with Gasteiger partial charge in [0.05, 0.1) is 22.5 Å². The van der Waals surface area contributed by atoms with E-state index < -0.39 is 0 Å². The molecule has 0 spiro atoms. The lowest BCUT2D eigenvalue weighted by Crippen LogP contribution is -2.02. The van der Waals surface area contributed by atoms with Crippen molar-refractivity contribution in [2.45, 2.75) is 13.5 Å². The molecule has 0 amide bonds. The molecule has 4 heterocycles. The molecule has 0 saturated carbocycles. The molecule has 32 heavy (non-hydrogen) atoms. The topological polar surface area (TPSA) is 85.7 Å². The molecule has 0 bridgehead atoms. The number of aryl methyl sites for hydroxylation is 2. The second kappa shape index (κ2) is 8.11. The average molecular weight is 423 g/mol. The first-order valence-corrected chi connectivity index (χ1v) is 10.2. The van der Waals surface area contributed by atoms with Crippen molar-refractivity contribution in [3.05, 3.63) is 94.8 Å². The Kier molecular flexibility index (Phi) is 4.99. The van der Waals surface area contributed by atoms with Crippen molar-refractivity contribution in [2.75, 3.05) is 0 Å². The summed E-state index contributed by atoms with van der Waals surface area (Å²) in [7, 11) is 1.83. The number of aromatic nitrogens is 5. The quantitative estimate of drug-likeness (QED) is 0.456. The first kappa shape index (κ1) is 19.7. The van der Waals surface area contributed by atoms with Crippen LogP contribution >= 0.6 is 0 Å². The van der Waals surface area contributed by atoms with E-state index in [0.717, 1.165) is 44.5 Å². The van der Waals surface area contributed by atoms with E-state index >= 15 is 0 Å². The van der Waals surface area contributed by atoms with Crippen LogP contribution in [0, 0.1) is 6.92 Å². The fourth-order valence-electron chi connectivity index (χ4n) is 3.66. The molecule has 7 nitrogen and oxygen atoms in total. The zero-order valence-electron chi connectivity index (χ0n) is 17.7. The van der Waals surface area contributed by atoms with Gasteiger partial charge in [-0.1, -0.05) is 18.2 Å². The summed E-state index contributed by atoms with van der Waals surface area (Å²) < 4.78 is 7.63. The van der Waals surface area contributed by atoms with Crippen LogP contribution in [-0.2, 0) is 13.7 Å². The minimum Gasteiger partial charge on any atom is -0.470 e. The average Bonchev–Trinajstić information content (AvgIpc) is 3.18. The molecule has 0 saturated heterocycles. The number of rotatable bonds is 5. The molecular weight excluding hydrogens is 402 g/mol. The van der Waals surface area contributed by atoms with E-state index in [2.05, 4.69) is 34.1 Å². The van der Waals surface area contributed by atoms with E-state index in [1.54, 1.807) is 16.9 Å². The highest BCUT2D eigenvalue weighted by Gasteiger charge is 2.13. The molecule has 0 fully saturated rings. The van der Waals surface area contributed by atoms with Crippen molar-refractivity contribution in [2.24, 2.45) is 7.05 Å². The standard InChI is InChI=1S/C25H21N5O2/c1-16-11-17-5-3-4-6-22(17)28-24(16)19-7-9-20(26-13-19)15-32-25-21(14-30(2)29-25)18-8-10-23(31)27-12-18/h3-14H,15H2,1-2H3,(H,27,31). The number of benzene rings is 1. The normalized spacial score (nSPS) is 11.1. The summed E-state index contributed by atoms with van der Waals surface area (Å²) in [6.45, 7) is 2.34. The van der Waals surface area contributed by atoms with Gasteiger partial charge >= 0.3 is 0 Å². The fraction of sp³-hybridized carbons (Fsp3) is 0.120. The first-order valence-electron chi connectivity index (χ1n) is 10.2. The summed E-state index contributed by atoms with van der Waals surface area (Å²) in [5.74, 6) is 0.484. The molecule has 0 aliphatic rings. The lowest BCUT2D eigenvalue weighted by Gasteiger charge is -2.09. The summed E-state index contributed by atoms with van der Waals surface area (Å²) in [6, 6.07) is 17.4. The predicted octanol–water partition coefficient (Wildman–Crippen LogP) is 4.27. The van der Waals surface area contributed by atoms with Gasteiger partial charge in [0.2, 0.25) is 11.4 Å². The zero-order chi connectivity index (χ0) is 22.1. The van der Waals surface area contributed by atoms with Crippen molar-refractivity contribution in [1.29, 1.82) is 0 Å². The Morgan fingerprint density at radius 2 is 1.91 bits per heavy atom. The van der Waals surface area contributed by atoms with Crippen LogP contribution < -0.4 is 10.3 Å². The molecular formula is C25H21N5O2. The van der Waals surface area contributed by atoms with Gasteiger partial charge in [-0.05, 0) is 42.8 Å². The molecule has 5 aromatic rings. The lowest BCUT2D eigenvalue weighted by atomic mass is 10.1. The number of hydrogen-bond donors (Lipinski definition) is 1. The number of pyridine rings is 3. The largest absolute Gasteiger partial charge is 0.470 e. The SMILES string of the molecule is Cc1cc2ccccc2nc1-c1ccc(COc2nn(C)cc2-c2ccc(=O)[nH]c2)nc1. The molecule has 7 heteroatoms. The van der Waals surface area contributed by atoms with Gasteiger partial charge in [0, 0.05) is 48.2 Å². The van der Waals surface area contributed by atoms with Crippen molar-refractivity contribution in [1.82, 2.24) is 24.7 Å². The monoisotopic (exact) mass is 423 g/mol. The molecule has 0 radical (unpaired) electrons. The molecule has 5 rings (SSSR count). The zero-order valence-corrected chi connectivity index (χ0v) is 17.7. The number of fused-ring (bicyclic) bond motifs is 1. The molecule has 1 N–H and O–H groups in total. The first-order chi connectivity index (χ1) is 15.6. The summed E-state index contributed by atoms with van der Waals surface area (Å²) >= 11 is 0. The van der Waals surface area contributed by atoms with Crippen LogP contribution in [0.2, 0.25) is 0 Å². The van der Waals surface area contributed by atoms with E-state index in [1.807, 2.05) is 49.8 Å². The molecule has 0 aliphatic heterocycles. The van der Waals surface area contributed by atoms with E-state index in [4.69, 9.17) is 9.72 Å². The van der Waals surface area contributed by atoms with E-state index in [9.17, 15) is 4.79 Å². The van der Waals surface area contributed by atoms with Gasteiger partial charge in [0.25, 0.3) is 0 Å². The van der Waals surface area contributed by atoms with Crippen LogP contribution in [0.1, 0.15) is 11.3 Å². The third kappa shape index (κ3) is 3.88.